The van der Waals surface area contributed by atoms with Gasteiger partial charge in [-0.25, -0.2) is 4.79 Å². The summed E-state index contributed by atoms with van der Waals surface area (Å²) in [5.41, 5.74) is 9.24. The molecule has 0 aromatic heterocycles. The van der Waals surface area contributed by atoms with Gasteiger partial charge in [-0.05, 0) is 17.5 Å². The van der Waals surface area contributed by atoms with Gasteiger partial charge in [0, 0.05) is 38.2 Å². The Morgan fingerprint density at radius 1 is 1.11 bits per heavy atom. The minimum absolute atomic E-state index is 0.138. The van der Waals surface area contributed by atoms with Gasteiger partial charge in [0.1, 0.15) is 0 Å². The fourth-order valence-electron chi connectivity index (χ4n) is 3.34. The standard InChI is InChI=1S/C20H22N4O4/c21-15-9-17-18(28-12-27-17)10-16(15)23-19(25)5-7-22-20(26)24-8-6-13-3-1-2-4-14(13)11-24/h1-4,9-10H,5-8,11-12,21H2,(H,22,26)(H,23,25). The summed E-state index contributed by atoms with van der Waals surface area (Å²) in [6, 6.07) is 11.2. The van der Waals surface area contributed by atoms with Crippen molar-refractivity contribution in [1.82, 2.24) is 10.2 Å². The minimum Gasteiger partial charge on any atom is -0.454 e. The van der Waals surface area contributed by atoms with Crippen LogP contribution < -0.4 is 25.8 Å². The third-order valence-corrected chi connectivity index (χ3v) is 4.86. The van der Waals surface area contributed by atoms with Crippen LogP contribution in [0.5, 0.6) is 11.5 Å². The molecule has 2 heterocycles. The van der Waals surface area contributed by atoms with Crippen LogP contribution in [0.3, 0.4) is 0 Å². The van der Waals surface area contributed by atoms with Crippen molar-refractivity contribution in [3.05, 3.63) is 47.5 Å². The van der Waals surface area contributed by atoms with E-state index >= 15 is 0 Å². The Labute approximate surface area is 162 Å². The molecule has 0 spiro atoms. The number of rotatable bonds is 4. The van der Waals surface area contributed by atoms with Crippen LogP contribution in [0.2, 0.25) is 0 Å². The van der Waals surface area contributed by atoms with E-state index in [4.69, 9.17) is 15.2 Å². The Morgan fingerprint density at radius 2 is 1.86 bits per heavy atom. The van der Waals surface area contributed by atoms with Crippen LogP contribution >= 0.6 is 0 Å². The smallest absolute Gasteiger partial charge is 0.317 e. The summed E-state index contributed by atoms with van der Waals surface area (Å²) in [5, 5.41) is 5.55. The number of ether oxygens (including phenoxy) is 2. The number of nitrogens with one attached hydrogen (secondary N) is 2. The zero-order valence-electron chi connectivity index (χ0n) is 15.4. The van der Waals surface area contributed by atoms with Gasteiger partial charge in [-0.1, -0.05) is 24.3 Å². The fourth-order valence-corrected chi connectivity index (χ4v) is 3.34. The van der Waals surface area contributed by atoms with Gasteiger partial charge in [-0.2, -0.15) is 0 Å². The lowest BCUT2D eigenvalue weighted by molar-refractivity contribution is -0.116. The van der Waals surface area contributed by atoms with Gasteiger partial charge in [-0.3, -0.25) is 4.79 Å². The van der Waals surface area contributed by atoms with Crippen LogP contribution in [0.1, 0.15) is 17.5 Å². The summed E-state index contributed by atoms with van der Waals surface area (Å²) in [6.45, 7) is 1.64. The molecule has 2 aromatic rings. The summed E-state index contributed by atoms with van der Waals surface area (Å²) in [5.74, 6) is 0.865. The van der Waals surface area contributed by atoms with Crippen LogP contribution in [0, 0.1) is 0 Å². The molecule has 0 aliphatic carbocycles. The molecular formula is C20H22N4O4. The van der Waals surface area contributed by atoms with Crippen molar-refractivity contribution in [1.29, 1.82) is 0 Å². The van der Waals surface area contributed by atoms with Crippen LogP contribution in [0.15, 0.2) is 36.4 Å². The van der Waals surface area contributed by atoms with Crippen molar-refractivity contribution in [2.24, 2.45) is 0 Å². The third kappa shape index (κ3) is 3.80. The number of hydrogen-bond donors (Lipinski definition) is 3. The lowest BCUT2D eigenvalue weighted by Gasteiger charge is -2.28. The van der Waals surface area contributed by atoms with E-state index in [0.717, 1.165) is 6.42 Å². The number of hydrogen-bond acceptors (Lipinski definition) is 5. The predicted molar refractivity (Wildman–Crippen MR) is 104 cm³/mol. The van der Waals surface area contributed by atoms with Crippen molar-refractivity contribution in [2.75, 3.05) is 30.9 Å². The van der Waals surface area contributed by atoms with E-state index in [1.54, 1.807) is 17.0 Å². The average molecular weight is 382 g/mol. The maximum atomic E-state index is 12.4. The Morgan fingerprint density at radius 3 is 2.68 bits per heavy atom. The first-order valence-electron chi connectivity index (χ1n) is 9.18. The van der Waals surface area contributed by atoms with Crippen molar-refractivity contribution >= 4 is 23.3 Å². The number of amides is 3. The summed E-state index contributed by atoms with van der Waals surface area (Å²) < 4.78 is 10.5. The second kappa shape index (κ2) is 7.67. The first kappa shape index (κ1) is 18.0. The molecule has 8 nitrogen and oxygen atoms in total. The van der Waals surface area contributed by atoms with E-state index in [1.165, 1.54) is 11.1 Å². The average Bonchev–Trinajstić information content (AvgIpc) is 3.14. The maximum Gasteiger partial charge on any atom is 0.317 e. The molecule has 0 saturated heterocycles. The summed E-state index contributed by atoms with van der Waals surface area (Å²) >= 11 is 0. The minimum atomic E-state index is -0.241. The van der Waals surface area contributed by atoms with Gasteiger partial charge in [0.15, 0.2) is 11.5 Å². The number of nitrogens with two attached hydrogens (primary N) is 1. The molecule has 2 aliphatic heterocycles. The first-order chi connectivity index (χ1) is 13.6. The molecule has 8 heteroatoms. The van der Waals surface area contributed by atoms with Gasteiger partial charge in [-0.15, -0.1) is 0 Å². The zero-order valence-corrected chi connectivity index (χ0v) is 15.4. The molecule has 0 unspecified atom stereocenters. The Kier molecular flexibility index (Phi) is 4.92. The molecule has 0 saturated carbocycles. The van der Waals surface area contributed by atoms with Gasteiger partial charge in [0.25, 0.3) is 0 Å². The van der Waals surface area contributed by atoms with Gasteiger partial charge in [0.2, 0.25) is 12.7 Å². The van der Waals surface area contributed by atoms with E-state index in [9.17, 15) is 9.59 Å². The summed E-state index contributed by atoms with van der Waals surface area (Å²) in [6.07, 6.45) is 0.984. The highest BCUT2D eigenvalue weighted by atomic mass is 16.7. The molecule has 2 aliphatic rings. The quantitative estimate of drug-likeness (QED) is 0.702. The maximum absolute atomic E-state index is 12.4. The molecule has 0 atom stereocenters. The van der Waals surface area contributed by atoms with Gasteiger partial charge < -0.3 is 30.7 Å². The lowest BCUT2D eigenvalue weighted by Crippen LogP contribution is -2.43. The lowest BCUT2D eigenvalue weighted by atomic mass is 10.0. The van der Waals surface area contributed by atoms with E-state index in [-0.39, 0.29) is 31.7 Å². The van der Waals surface area contributed by atoms with Crippen molar-refractivity contribution < 1.29 is 19.1 Å². The largest absolute Gasteiger partial charge is 0.454 e. The van der Waals surface area contributed by atoms with Gasteiger partial charge >= 0.3 is 6.03 Å². The zero-order chi connectivity index (χ0) is 19.5. The molecule has 0 bridgehead atoms. The Hall–Kier alpha value is -3.42. The van der Waals surface area contributed by atoms with Crippen LogP contribution in [-0.4, -0.2) is 36.7 Å². The second-order valence-corrected chi connectivity index (χ2v) is 6.76. The number of benzene rings is 2. The molecule has 2 aromatic carbocycles. The number of fused-ring (bicyclic) bond motifs is 2. The number of carbonyl (C=O) groups excluding carboxylic acids is 2. The van der Waals surface area contributed by atoms with Gasteiger partial charge in [0.05, 0.1) is 11.4 Å². The third-order valence-electron chi connectivity index (χ3n) is 4.86. The van der Waals surface area contributed by atoms with Crippen LogP contribution in [0.25, 0.3) is 0 Å². The predicted octanol–water partition coefficient (Wildman–Crippen LogP) is 2.09. The second-order valence-electron chi connectivity index (χ2n) is 6.76. The van der Waals surface area contributed by atoms with E-state index in [1.807, 2.05) is 18.2 Å². The monoisotopic (exact) mass is 382 g/mol. The summed E-state index contributed by atoms with van der Waals surface area (Å²) in [4.78, 5) is 26.3. The Bertz CT molecular complexity index is 915. The van der Waals surface area contributed by atoms with Crippen LogP contribution in [0.4, 0.5) is 16.2 Å². The normalized spacial score (nSPS) is 14.4. The molecule has 28 heavy (non-hydrogen) atoms. The van der Waals surface area contributed by atoms with E-state index < -0.39 is 0 Å². The van der Waals surface area contributed by atoms with Crippen molar-refractivity contribution in [2.45, 2.75) is 19.4 Å². The summed E-state index contributed by atoms with van der Waals surface area (Å²) in [7, 11) is 0. The molecule has 0 fully saturated rings. The molecule has 4 N–H and O–H groups in total. The highest BCUT2D eigenvalue weighted by molar-refractivity contribution is 5.95. The van der Waals surface area contributed by atoms with Crippen molar-refractivity contribution in [3.8, 4) is 11.5 Å². The number of carbonyl (C=O) groups is 2. The molecular weight excluding hydrogens is 360 g/mol. The van der Waals surface area contributed by atoms with E-state index in [0.29, 0.717) is 36.0 Å². The number of anilines is 2. The Balaban J connectivity index is 1.25. The number of nitrogens with zero attached hydrogens (tertiary/aromatic N) is 1. The fraction of sp³-hybridized carbons (Fsp3) is 0.300. The SMILES string of the molecule is Nc1cc2c(cc1NC(=O)CCNC(=O)N1CCc3ccccc3C1)OCO2. The number of nitrogen functional groups attached to an aromatic ring is 1. The topological polar surface area (TPSA) is 106 Å². The highest BCUT2D eigenvalue weighted by Gasteiger charge is 2.20. The number of urea groups is 1. The van der Waals surface area contributed by atoms with Crippen LogP contribution in [-0.2, 0) is 17.8 Å². The highest BCUT2D eigenvalue weighted by Crippen LogP contribution is 2.38. The molecule has 3 amide bonds. The molecule has 4 rings (SSSR count). The van der Waals surface area contributed by atoms with Crippen molar-refractivity contribution in [3.63, 3.8) is 0 Å². The first-order valence-corrected chi connectivity index (χ1v) is 9.18. The molecule has 0 radical (unpaired) electrons. The molecule has 146 valence electrons. The van der Waals surface area contributed by atoms with E-state index in [2.05, 4.69) is 16.7 Å².